The highest BCUT2D eigenvalue weighted by Crippen LogP contribution is 2.24. The Balaban J connectivity index is 1.96. The van der Waals surface area contributed by atoms with Crippen molar-refractivity contribution in [2.45, 2.75) is 31.8 Å². The van der Waals surface area contributed by atoms with E-state index in [0.29, 0.717) is 0 Å². The summed E-state index contributed by atoms with van der Waals surface area (Å²) in [4.78, 5) is 6.79. The van der Waals surface area contributed by atoms with Crippen LogP contribution in [0.15, 0.2) is 18.3 Å². The van der Waals surface area contributed by atoms with Gasteiger partial charge in [0.25, 0.3) is 0 Å². The Labute approximate surface area is 91.5 Å². The first-order chi connectivity index (χ1) is 7.29. The molecule has 1 N–H and O–H groups in total. The zero-order valence-corrected chi connectivity index (χ0v) is 9.53. The van der Waals surface area contributed by atoms with E-state index in [2.05, 4.69) is 28.3 Å². The van der Waals surface area contributed by atoms with Crippen LogP contribution in [0.3, 0.4) is 0 Å². The molecule has 0 radical (unpaired) electrons. The molecule has 1 fully saturated rings. The second-order valence-electron chi connectivity index (χ2n) is 4.29. The molecular formula is C12H19N3. The van der Waals surface area contributed by atoms with Crippen molar-refractivity contribution in [2.24, 2.45) is 0 Å². The lowest BCUT2D eigenvalue weighted by Crippen LogP contribution is -2.36. The predicted octanol–water partition coefficient (Wildman–Crippen LogP) is 2.11. The summed E-state index contributed by atoms with van der Waals surface area (Å²) in [5.74, 6) is 0. The van der Waals surface area contributed by atoms with Crippen LogP contribution in [0.1, 0.15) is 25.0 Å². The Bertz CT molecular complexity index is 320. The Morgan fingerprint density at radius 1 is 1.53 bits per heavy atom. The average molecular weight is 205 g/mol. The first-order valence-electron chi connectivity index (χ1n) is 5.62. The van der Waals surface area contributed by atoms with Gasteiger partial charge in [-0.3, -0.25) is 9.88 Å². The average Bonchev–Trinajstić information content (AvgIpc) is 2.15. The Hall–Kier alpha value is -1.09. The largest absolute Gasteiger partial charge is 0.388 e. The maximum atomic E-state index is 4.39. The third-order valence-electron chi connectivity index (χ3n) is 3.21. The highest BCUT2D eigenvalue weighted by atomic mass is 15.1. The molecule has 0 aromatic carbocycles. The maximum absolute atomic E-state index is 4.39. The van der Waals surface area contributed by atoms with E-state index in [1.165, 1.54) is 19.3 Å². The second-order valence-corrected chi connectivity index (χ2v) is 4.29. The van der Waals surface area contributed by atoms with E-state index in [-0.39, 0.29) is 0 Å². The maximum Gasteiger partial charge on any atom is 0.0564 e. The van der Waals surface area contributed by atoms with Crippen molar-refractivity contribution in [2.75, 3.05) is 19.4 Å². The molecule has 0 aliphatic heterocycles. The third-order valence-corrected chi connectivity index (χ3v) is 3.21. The predicted molar refractivity (Wildman–Crippen MR) is 62.9 cm³/mol. The van der Waals surface area contributed by atoms with Gasteiger partial charge in [0.2, 0.25) is 0 Å². The van der Waals surface area contributed by atoms with Crippen LogP contribution in [0, 0.1) is 0 Å². The fourth-order valence-electron chi connectivity index (χ4n) is 1.93. The molecule has 1 aliphatic carbocycles. The molecule has 0 spiro atoms. The van der Waals surface area contributed by atoms with Gasteiger partial charge in [-0.05, 0) is 32.0 Å². The van der Waals surface area contributed by atoms with Crippen molar-refractivity contribution in [3.8, 4) is 0 Å². The van der Waals surface area contributed by atoms with Crippen molar-refractivity contribution >= 4 is 5.69 Å². The summed E-state index contributed by atoms with van der Waals surface area (Å²) in [6.45, 7) is 0.959. The smallest absolute Gasteiger partial charge is 0.0564 e. The molecule has 1 saturated carbocycles. The Kier molecular flexibility index (Phi) is 3.21. The minimum Gasteiger partial charge on any atom is -0.388 e. The van der Waals surface area contributed by atoms with Gasteiger partial charge >= 0.3 is 0 Å². The van der Waals surface area contributed by atoms with Gasteiger partial charge in [-0.25, -0.2) is 0 Å². The van der Waals surface area contributed by atoms with Gasteiger partial charge in [0, 0.05) is 31.5 Å². The van der Waals surface area contributed by atoms with E-state index in [1.54, 1.807) is 0 Å². The van der Waals surface area contributed by atoms with Crippen molar-refractivity contribution in [1.29, 1.82) is 0 Å². The first-order valence-corrected chi connectivity index (χ1v) is 5.62. The Morgan fingerprint density at radius 3 is 2.93 bits per heavy atom. The Morgan fingerprint density at radius 2 is 2.33 bits per heavy atom. The molecule has 0 saturated heterocycles. The highest BCUT2D eigenvalue weighted by Gasteiger charge is 2.21. The molecule has 1 aromatic rings. The van der Waals surface area contributed by atoms with E-state index in [4.69, 9.17) is 0 Å². The molecule has 3 nitrogen and oxygen atoms in total. The topological polar surface area (TPSA) is 28.2 Å². The van der Waals surface area contributed by atoms with Crippen molar-refractivity contribution in [3.63, 3.8) is 0 Å². The van der Waals surface area contributed by atoms with Gasteiger partial charge in [-0.2, -0.15) is 0 Å². The number of aromatic nitrogens is 1. The quantitative estimate of drug-likeness (QED) is 0.816. The first kappa shape index (κ1) is 10.4. The van der Waals surface area contributed by atoms with Gasteiger partial charge in [-0.15, -0.1) is 0 Å². The van der Waals surface area contributed by atoms with Crippen LogP contribution in [0.5, 0.6) is 0 Å². The molecule has 1 aliphatic rings. The van der Waals surface area contributed by atoms with Gasteiger partial charge in [0.1, 0.15) is 0 Å². The fourth-order valence-corrected chi connectivity index (χ4v) is 1.93. The fraction of sp³-hybridized carbons (Fsp3) is 0.583. The number of nitrogens with zero attached hydrogens (tertiary/aromatic N) is 2. The van der Waals surface area contributed by atoms with E-state index < -0.39 is 0 Å². The van der Waals surface area contributed by atoms with Crippen LogP contribution in [-0.4, -0.2) is 30.0 Å². The summed E-state index contributed by atoms with van der Waals surface area (Å²) in [7, 11) is 4.13. The number of anilines is 1. The minimum absolute atomic E-state index is 0.782. The number of pyridine rings is 1. The van der Waals surface area contributed by atoms with Crippen LogP contribution >= 0.6 is 0 Å². The molecule has 82 valence electrons. The lowest BCUT2D eigenvalue weighted by Gasteiger charge is -2.34. The molecule has 1 aromatic heterocycles. The molecule has 0 bridgehead atoms. The molecule has 0 amide bonds. The summed E-state index contributed by atoms with van der Waals surface area (Å²) < 4.78 is 0. The van der Waals surface area contributed by atoms with Crippen LogP contribution in [-0.2, 0) is 6.54 Å². The lowest BCUT2D eigenvalue weighted by molar-refractivity contribution is 0.151. The summed E-state index contributed by atoms with van der Waals surface area (Å²) in [5.41, 5.74) is 2.29. The summed E-state index contributed by atoms with van der Waals surface area (Å²) in [5, 5.41) is 3.14. The van der Waals surface area contributed by atoms with E-state index in [9.17, 15) is 0 Å². The third kappa shape index (κ3) is 2.48. The molecule has 0 unspecified atom stereocenters. The van der Waals surface area contributed by atoms with Crippen molar-refractivity contribution < 1.29 is 0 Å². The zero-order chi connectivity index (χ0) is 10.7. The van der Waals surface area contributed by atoms with E-state index in [1.807, 2.05) is 19.3 Å². The number of hydrogen-bond acceptors (Lipinski definition) is 3. The summed E-state index contributed by atoms with van der Waals surface area (Å²) >= 11 is 0. The number of rotatable bonds is 4. The molecule has 1 heterocycles. The molecular weight excluding hydrogens is 186 g/mol. The van der Waals surface area contributed by atoms with E-state index >= 15 is 0 Å². The SMILES string of the molecule is CNc1ccnc(CN(C)C2CCC2)c1. The van der Waals surface area contributed by atoms with Crippen LogP contribution < -0.4 is 5.32 Å². The summed E-state index contributed by atoms with van der Waals surface area (Å²) in [6, 6.07) is 4.90. The van der Waals surface area contributed by atoms with Crippen molar-refractivity contribution in [3.05, 3.63) is 24.0 Å². The highest BCUT2D eigenvalue weighted by molar-refractivity contribution is 5.42. The van der Waals surface area contributed by atoms with Gasteiger partial charge in [0.15, 0.2) is 0 Å². The monoisotopic (exact) mass is 205 g/mol. The molecule has 15 heavy (non-hydrogen) atoms. The second kappa shape index (κ2) is 4.62. The molecule has 2 rings (SSSR count). The molecule has 3 heteroatoms. The van der Waals surface area contributed by atoms with Crippen LogP contribution in [0.2, 0.25) is 0 Å². The van der Waals surface area contributed by atoms with Gasteiger partial charge in [0.05, 0.1) is 5.69 Å². The minimum atomic E-state index is 0.782. The van der Waals surface area contributed by atoms with Gasteiger partial charge < -0.3 is 5.32 Å². The van der Waals surface area contributed by atoms with Crippen molar-refractivity contribution in [1.82, 2.24) is 9.88 Å². The number of nitrogens with one attached hydrogen (secondary N) is 1. The van der Waals surface area contributed by atoms with Gasteiger partial charge in [-0.1, -0.05) is 6.42 Å². The number of hydrogen-bond donors (Lipinski definition) is 1. The lowest BCUT2D eigenvalue weighted by atomic mass is 9.92. The standard InChI is InChI=1S/C12H19N3/c1-13-10-6-7-14-11(8-10)9-15(2)12-4-3-5-12/h6-8,12H,3-5,9H2,1-2H3,(H,13,14). The summed E-state index contributed by atoms with van der Waals surface area (Å²) in [6.07, 6.45) is 5.96. The molecule has 0 atom stereocenters. The van der Waals surface area contributed by atoms with E-state index in [0.717, 1.165) is 24.0 Å². The zero-order valence-electron chi connectivity index (χ0n) is 9.53. The van der Waals surface area contributed by atoms with Crippen LogP contribution in [0.4, 0.5) is 5.69 Å². The normalized spacial score (nSPS) is 16.5. The van der Waals surface area contributed by atoms with Crippen LogP contribution in [0.25, 0.3) is 0 Å².